The molecule has 2 rings (SSSR count). The SMILES string of the molecule is Cc1ccc(OC(C)C(=O)NN=C/C=C/c2ccccc2)c(Br)c1. The van der Waals surface area contributed by atoms with E-state index in [1.165, 1.54) is 6.21 Å². The summed E-state index contributed by atoms with van der Waals surface area (Å²) < 4.78 is 6.45. The highest BCUT2D eigenvalue weighted by Gasteiger charge is 2.15. The van der Waals surface area contributed by atoms with Crippen molar-refractivity contribution in [3.63, 3.8) is 0 Å². The molecule has 1 atom stereocenters. The Morgan fingerprint density at radius 3 is 2.71 bits per heavy atom. The Labute approximate surface area is 150 Å². The molecule has 24 heavy (non-hydrogen) atoms. The summed E-state index contributed by atoms with van der Waals surface area (Å²) in [6.07, 6.45) is 4.54. The van der Waals surface area contributed by atoms with Crippen LogP contribution < -0.4 is 10.2 Å². The van der Waals surface area contributed by atoms with Crippen LogP contribution in [0, 0.1) is 6.92 Å². The summed E-state index contributed by atoms with van der Waals surface area (Å²) in [5.41, 5.74) is 4.64. The number of amides is 1. The smallest absolute Gasteiger partial charge is 0.280 e. The first-order valence-electron chi connectivity index (χ1n) is 7.53. The number of nitrogens with one attached hydrogen (secondary N) is 1. The van der Waals surface area contributed by atoms with Crippen molar-refractivity contribution >= 4 is 34.1 Å². The maximum Gasteiger partial charge on any atom is 0.280 e. The average Bonchev–Trinajstić information content (AvgIpc) is 2.57. The summed E-state index contributed by atoms with van der Waals surface area (Å²) in [4.78, 5) is 12.0. The average molecular weight is 387 g/mol. The maximum absolute atomic E-state index is 12.0. The first kappa shape index (κ1) is 17.9. The van der Waals surface area contributed by atoms with Gasteiger partial charge >= 0.3 is 0 Å². The van der Waals surface area contributed by atoms with E-state index >= 15 is 0 Å². The molecule has 2 aromatic carbocycles. The minimum atomic E-state index is -0.653. The Morgan fingerprint density at radius 2 is 2.00 bits per heavy atom. The lowest BCUT2D eigenvalue weighted by atomic mass is 10.2. The topological polar surface area (TPSA) is 50.7 Å². The van der Waals surface area contributed by atoms with E-state index in [1.807, 2.05) is 61.5 Å². The summed E-state index contributed by atoms with van der Waals surface area (Å²) in [6.45, 7) is 3.67. The summed E-state index contributed by atoms with van der Waals surface area (Å²) in [6, 6.07) is 15.5. The highest BCUT2D eigenvalue weighted by molar-refractivity contribution is 9.10. The Balaban J connectivity index is 1.83. The molecule has 2 aromatic rings. The van der Waals surface area contributed by atoms with Crippen LogP contribution in [-0.2, 0) is 4.79 Å². The highest BCUT2D eigenvalue weighted by atomic mass is 79.9. The van der Waals surface area contributed by atoms with E-state index in [0.29, 0.717) is 5.75 Å². The van der Waals surface area contributed by atoms with Crippen LogP contribution in [0.1, 0.15) is 18.1 Å². The fourth-order valence-electron chi connectivity index (χ4n) is 1.90. The van der Waals surface area contributed by atoms with Crippen LogP contribution in [0.25, 0.3) is 6.08 Å². The van der Waals surface area contributed by atoms with Crippen molar-refractivity contribution in [2.24, 2.45) is 5.10 Å². The van der Waals surface area contributed by atoms with Crippen LogP contribution >= 0.6 is 15.9 Å². The largest absolute Gasteiger partial charge is 0.480 e. The molecular weight excluding hydrogens is 368 g/mol. The first-order valence-corrected chi connectivity index (χ1v) is 8.33. The minimum Gasteiger partial charge on any atom is -0.480 e. The number of carbonyl (C=O) groups is 1. The number of allylic oxidation sites excluding steroid dienone is 1. The van der Waals surface area contributed by atoms with Gasteiger partial charge in [0.25, 0.3) is 5.91 Å². The predicted octanol–water partition coefficient (Wildman–Crippen LogP) is 4.34. The number of ether oxygens (including phenoxy) is 1. The number of hydrogen-bond donors (Lipinski definition) is 1. The van der Waals surface area contributed by atoms with E-state index in [0.717, 1.165) is 15.6 Å². The normalized spacial score (nSPS) is 12.5. The van der Waals surface area contributed by atoms with Crippen LogP contribution in [0.3, 0.4) is 0 Å². The lowest BCUT2D eigenvalue weighted by Crippen LogP contribution is -2.33. The molecule has 1 unspecified atom stereocenters. The van der Waals surface area contributed by atoms with Crippen LogP contribution in [0.15, 0.2) is 64.2 Å². The third kappa shape index (κ3) is 5.66. The lowest BCUT2D eigenvalue weighted by Gasteiger charge is -2.14. The molecule has 0 spiro atoms. The predicted molar refractivity (Wildman–Crippen MR) is 101 cm³/mol. The molecule has 1 amide bonds. The van der Waals surface area contributed by atoms with Gasteiger partial charge in [-0.1, -0.05) is 42.5 Å². The van der Waals surface area contributed by atoms with Gasteiger partial charge in [-0.3, -0.25) is 4.79 Å². The van der Waals surface area contributed by atoms with Crippen molar-refractivity contribution in [1.29, 1.82) is 0 Å². The number of hydrogen-bond acceptors (Lipinski definition) is 3. The third-order valence-electron chi connectivity index (χ3n) is 3.18. The highest BCUT2D eigenvalue weighted by Crippen LogP contribution is 2.26. The zero-order valence-electron chi connectivity index (χ0n) is 13.6. The van der Waals surface area contributed by atoms with Crippen LogP contribution in [0.5, 0.6) is 5.75 Å². The molecule has 0 radical (unpaired) electrons. The number of hydrazone groups is 1. The van der Waals surface area contributed by atoms with E-state index in [4.69, 9.17) is 4.74 Å². The number of nitrogens with zero attached hydrogens (tertiary/aromatic N) is 1. The van der Waals surface area contributed by atoms with Crippen molar-refractivity contribution < 1.29 is 9.53 Å². The zero-order chi connectivity index (χ0) is 17.4. The molecule has 0 fully saturated rings. The number of carbonyl (C=O) groups excluding carboxylic acids is 1. The van der Waals surface area contributed by atoms with Gasteiger partial charge in [0.15, 0.2) is 6.10 Å². The maximum atomic E-state index is 12.0. The van der Waals surface area contributed by atoms with Crippen molar-refractivity contribution in [2.75, 3.05) is 0 Å². The lowest BCUT2D eigenvalue weighted by molar-refractivity contribution is -0.127. The Bertz CT molecular complexity index is 742. The molecule has 0 aliphatic heterocycles. The summed E-state index contributed by atoms with van der Waals surface area (Å²) in [7, 11) is 0. The fourth-order valence-corrected chi connectivity index (χ4v) is 2.49. The van der Waals surface area contributed by atoms with Gasteiger partial charge in [-0.15, -0.1) is 0 Å². The number of halogens is 1. The van der Waals surface area contributed by atoms with E-state index in [1.54, 1.807) is 13.0 Å². The molecule has 5 heteroatoms. The molecular formula is C19H19BrN2O2. The van der Waals surface area contributed by atoms with E-state index < -0.39 is 6.10 Å². The monoisotopic (exact) mass is 386 g/mol. The molecule has 0 saturated heterocycles. The molecule has 1 N–H and O–H groups in total. The standard InChI is InChI=1S/C19H19BrN2O2/c1-14-10-11-18(17(20)13-14)24-15(2)19(23)22-21-12-6-9-16-7-4-3-5-8-16/h3-13,15H,1-2H3,(H,22,23)/b9-6+,21-12?. The molecule has 0 aromatic heterocycles. The van der Waals surface area contributed by atoms with Gasteiger partial charge < -0.3 is 4.74 Å². The zero-order valence-corrected chi connectivity index (χ0v) is 15.2. The minimum absolute atomic E-state index is 0.313. The number of benzene rings is 2. The molecule has 124 valence electrons. The molecule has 0 aliphatic carbocycles. The number of rotatable bonds is 6. The Morgan fingerprint density at radius 1 is 1.25 bits per heavy atom. The van der Waals surface area contributed by atoms with Crippen molar-refractivity contribution in [3.8, 4) is 5.75 Å². The van der Waals surface area contributed by atoms with Gasteiger partial charge in [-0.2, -0.15) is 5.10 Å². The van der Waals surface area contributed by atoms with Crippen LogP contribution in [-0.4, -0.2) is 18.2 Å². The Kier molecular flexibility index (Phi) is 6.75. The van der Waals surface area contributed by atoms with Crippen molar-refractivity contribution in [2.45, 2.75) is 20.0 Å². The van der Waals surface area contributed by atoms with E-state index in [-0.39, 0.29) is 5.91 Å². The Hall–Kier alpha value is -2.40. The molecule has 0 bridgehead atoms. The van der Waals surface area contributed by atoms with E-state index in [2.05, 4.69) is 26.5 Å². The number of aryl methyl sites for hydroxylation is 1. The van der Waals surface area contributed by atoms with Crippen LogP contribution in [0.4, 0.5) is 0 Å². The quantitative estimate of drug-likeness (QED) is 0.592. The second-order valence-corrected chi connectivity index (χ2v) is 6.07. The fraction of sp³-hybridized carbons (Fsp3) is 0.158. The summed E-state index contributed by atoms with van der Waals surface area (Å²) in [5.74, 6) is 0.308. The summed E-state index contributed by atoms with van der Waals surface area (Å²) >= 11 is 3.42. The van der Waals surface area contributed by atoms with Crippen LogP contribution in [0.2, 0.25) is 0 Å². The van der Waals surface area contributed by atoms with Crippen molar-refractivity contribution in [1.82, 2.24) is 5.43 Å². The third-order valence-corrected chi connectivity index (χ3v) is 3.80. The summed E-state index contributed by atoms with van der Waals surface area (Å²) in [5, 5.41) is 3.88. The second-order valence-electron chi connectivity index (χ2n) is 5.22. The van der Waals surface area contributed by atoms with Gasteiger partial charge in [0.2, 0.25) is 0 Å². The van der Waals surface area contributed by atoms with Gasteiger partial charge in [0.05, 0.1) is 4.47 Å². The molecule has 4 nitrogen and oxygen atoms in total. The van der Waals surface area contributed by atoms with Crippen molar-refractivity contribution in [3.05, 3.63) is 70.2 Å². The second kappa shape index (κ2) is 9.03. The van der Waals surface area contributed by atoms with Gasteiger partial charge in [0, 0.05) is 6.21 Å². The van der Waals surface area contributed by atoms with Gasteiger partial charge in [-0.05, 0) is 59.1 Å². The molecule has 0 heterocycles. The van der Waals surface area contributed by atoms with Gasteiger partial charge in [-0.25, -0.2) is 5.43 Å². The molecule has 0 aliphatic rings. The van der Waals surface area contributed by atoms with E-state index in [9.17, 15) is 4.79 Å². The first-order chi connectivity index (χ1) is 11.6. The van der Waals surface area contributed by atoms with Gasteiger partial charge in [0.1, 0.15) is 5.75 Å². The molecule has 0 saturated carbocycles.